The van der Waals surface area contributed by atoms with Gasteiger partial charge in [-0.2, -0.15) is 0 Å². The maximum absolute atomic E-state index is 11.8. The molecule has 0 saturated carbocycles. The lowest BCUT2D eigenvalue weighted by Gasteiger charge is -2.37. The summed E-state index contributed by atoms with van der Waals surface area (Å²) in [5, 5.41) is 19.9. The number of fused-ring (bicyclic) bond motifs is 1. The molecule has 1 heterocycles. The van der Waals surface area contributed by atoms with Crippen molar-refractivity contribution in [3.05, 3.63) is 65.7 Å². The molecule has 2 aromatic carbocycles. The smallest absolute Gasteiger partial charge is 0.348 e. The van der Waals surface area contributed by atoms with E-state index in [4.69, 9.17) is 4.74 Å². The van der Waals surface area contributed by atoms with Crippen molar-refractivity contribution in [3.63, 3.8) is 0 Å². The molecule has 0 radical (unpaired) electrons. The number of aliphatic hydroxyl groups is 1. The summed E-state index contributed by atoms with van der Waals surface area (Å²) in [6.45, 7) is 0. The number of para-hydroxylation sites is 1. The molecule has 4 nitrogen and oxygen atoms in total. The number of rotatable bonds is 3. The average Bonchev–Trinajstić information content (AvgIpc) is 2.48. The van der Waals surface area contributed by atoms with E-state index < -0.39 is 17.7 Å². The van der Waals surface area contributed by atoms with Crippen LogP contribution in [-0.2, 0) is 11.2 Å². The van der Waals surface area contributed by atoms with Crippen LogP contribution in [-0.4, -0.2) is 21.8 Å². The molecule has 0 fully saturated rings. The minimum absolute atomic E-state index is 0.0360. The molecular formula is C17H16O4. The lowest BCUT2D eigenvalue weighted by Crippen LogP contribution is -2.50. The topological polar surface area (TPSA) is 66.8 Å². The number of hydrogen-bond donors (Lipinski definition) is 2. The van der Waals surface area contributed by atoms with Gasteiger partial charge in [-0.05, 0) is 11.6 Å². The summed E-state index contributed by atoms with van der Waals surface area (Å²) in [4.78, 5) is 11.8. The van der Waals surface area contributed by atoms with Crippen molar-refractivity contribution >= 4 is 5.97 Å². The number of hydrogen-bond acceptors (Lipinski definition) is 3. The Morgan fingerprint density at radius 1 is 1.14 bits per heavy atom. The largest absolute Gasteiger partial charge is 0.478 e. The average molecular weight is 284 g/mol. The van der Waals surface area contributed by atoms with Crippen molar-refractivity contribution in [2.24, 2.45) is 0 Å². The van der Waals surface area contributed by atoms with Gasteiger partial charge in [0, 0.05) is 18.4 Å². The molecule has 2 aromatic rings. The maximum atomic E-state index is 11.8. The van der Waals surface area contributed by atoms with Gasteiger partial charge in [0.05, 0.1) is 6.10 Å². The number of carbonyl (C=O) groups is 1. The van der Waals surface area contributed by atoms with E-state index in [1.54, 1.807) is 24.3 Å². The van der Waals surface area contributed by atoms with E-state index in [0.29, 0.717) is 11.3 Å². The van der Waals surface area contributed by atoms with Crippen molar-refractivity contribution in [1.29, 1.82) is 0 Å². The van der Waals surface area contributed by atoms with Crippen molar-refractivity contribution in [1.82, 2.24) is 0 Å². The van der Waals surface area contributed by atoms with E-state index in [0.717, 1.165) is 5.56 Å². The molecule has 1 aliphatic heterocycles. The van der Waals surface area contributed by atoms with Crippen LogP contribution in [0.15, 0.2) is 54.6 Å². The molecule has 4 heteroatoms. The van der Waals surface area contributed by atoms with E-state index in [1.807, 2.05) is 30.3 Å². The monoisotopic (exact) mass is 284 g/mol. The molecule has 3 rings (SSSR count). The predicted molar refractivity (Wildman–Crippen MR) is 77.2 cm³/mol. The zero-order chi connectivity index (χ0) is 14.9. The zero-order valence-electron chi connectivity index (χ0n) is 11.4. The van der Waals surface area contributed by atoms with E-state index in [9.17, 15) is 15.0 Å². The van der Waals surface area contributed by atoms with E-state index in [-0.39, 0.29) is 12.8 Å². The van der Waals surface area contributed by atoms with Gasteiger partial charge in [-0.25, -0.2) is 4.79 Å². The van der Waals surface area contributed by atoms with E-state index >= 15 is 0 Å². The highest BCUT2D eigenvalue weighted by atomic mass is 16.5. The SMILES string of the molecule is O=C(O)C1(Cc2ccccc2)CC(O)c2ccccc2O1. The van der Waals surface area contributed by atoms with Crippen molar-refractivity contribution in [2.75, 3.05) is 0 Å². The summed E-state index contributed by atoms with van der Waals surface area (Å²) in [6, 6.07) is 16.3. The van der Waals surface area contributed by atoms with Gasteiger partial charge in [-0.3, -0.25) is 0 Å². The zero-order valence-corrected chi connectivity index (χ0v) is 11.4. The van der Waals surface area contributed by atoms with Gasteiger partial charge < -0.3 is 14.9 Å². The van der Waals surface area contributed by atoms with Crippen molar-refractivity contribution in [3.8, 4) is 5.75 Å². The molecule has 0 amide bonds. The van der Waals surface area contributed by atoms with Crippen LogP contribution in [0, 0.1) is 0 Å². The second-order valence-electron chi connectivity index (χ2n) is 5.32. The Morgan fingerprint density at radius 3 is 2.52 bits per heavy atom. The third kappa shape index (κ3) is 2.50. The standard InChI is InChI=1S/C17H16O4/c18-14-11-17(16(19)20,10-12-6-2-1-3-7-12)21-15-9-5-4-8-13(14)15/h1-9,14,18H,10-11H2,(H,19,20). The highest BCUT2D eigenvalue weighted by molar-refractivity contribution is 5.79. The highest BCUT2D eigenvalue weighted by Gasteiger charge is 2.47. The Morgan fingerprint density at radius 2 is 1.81 bits per heavy atom. The number of benzene rings is 2. The second kappa shape index (κ2) is 5.22. The Hall–Kier alpha value is -2.33. The minimum atomic E-state index is -1.44. The van der Waals surface area contributed by atoms with Crippen LogP contribution in [0.4, 0.5) is 0 Å². The van der Waals surface area contributed by atoms with Gasteiger partial charge in [0.25, 0.3) is 0 Å². The quantitative estimate of drug-likeness (QED) is 0.909. The fraction of sp³-hybridized carbons (Fsp3) is 0.235. The molecule has 0 bridgehead atoms. The summed E-state index contributed by atoms with van der Waals surface area (Å²) in [5.74, 6) is -0.616. The normalized spacial score (nSPS) is 24.0. The molecule has 21 heavy (non-hydrogen) atoms. The summed E-state index contributed by atoms with van der Waals surface area (Å²) in [7, 11) is 0. The Labute approximate surface area is 122 Å². The first-order valence-corrected chi connectivity index (χ1v) is 6.84. The number of aliphatic carboxylic acids is 1. The fourth-order valence-electron chi connectivity index (χ4n) is 2.76. The Kier molecular flexibility index (Phi) is 3.39. The molecule has 0 spiro atoms. The third-order valence-corrected chi connectivity index (χ3v) is 3.83. The number of carboxylic acid groups (broad SMARTS) is 1. The maximum Gasteiger partial charge on any atom is 0.348 e. The second-order valence-corrected chi connectivity index (χ2v) is 5.32. The first-order valence-electron chi connectivity index (χ1n) is 6.84. The molecule has 2 atom stereocenters. The molecule has 2 unspecified atom stereocenters. The molecule has 0 aromatic heterocycles. The number of carboxylic acids is 1. The molecule has 2 N–H and O–H groups in total. The van der Waals surface area contributed by atoms with E-state index in [1.165, 1.54) is 0 Å². The van der Waals surface area contributed by atoms with Crippen molar-refractivity contribution in [2.45, 2.75) is 24.5 Å². The van der Waals surface area contributed by atoms with Gasteiger partial charge in [0.15, 0.2) is 0 Å². The van der Waals surface area contributed by atoms with Crippen LogP contribution < -0.4 is 4.74 Å². The molecule has 108 valence electrons. The van der Waals surface area contributed by atoms with Crippen LogP contribution in [0.2, 0.25) is 0 Å². The van der Waals surface area contributed by atoms with Gasteiger partial charge in [-0.1, -0.05) is 48.5 Å². The third-order valence-electron chi connectivity index (χ3n) is 3.83. The summed E-state index contributed by atoms with van der Waals surface area (Å²) in [5.41, 5.74) is 0.0729. The van der Waals surface area contributed by atoms with Crippen LogP contribution in [0.5, 0.6) is 5.75 Å². The lowest BCUT2D eigenvalue weighted by molar-refractivity contribution is -0.160. The van der Waals surface area contributed by atoms with Crippen LogP contribution in [0.3, 0.4) is 0 Å². The van der Waals surface area contributed by atoms with Crippen LogP contribution >= 0.6 is 0 Å². The first-order chi connectivity index (χ1) is 10.1. The lowest BCUT2D eigenvalue weighted by atomic mass is 9.84. The van der Waals surface area contributed by atoms with Gasteiger partial charge >= 0.3 is 5.97 Å². The highest BCUT2D eigenvalue weighted by Crippen LogP contribution is 2.41. The van der Waals surface area contributed by atoms with Gasteiger partial charge in [0.1, 0.15) is 5.75 Å². The van der Waals surface area contributed by atoms with Crippen LogP contribution in [0.1, 0.15) is 23.7 Å². The number of ether oxygens (including phenoxy) is 1. The molecule has 1 aliphatic rings. The number of aliphatic hydroxyl groups excluding tert-OH is 1. The minimum Gasteiger partial charge on any atom is -0.478 e. The van der Waals surface area contributed by atoms with Crippen LogP contribution in [0.25, 0.3) is 0 Å². The predicted octanol–water partition coefficient (Wildman–Crippen LogP) is 2.57. The molecule has 0 aliphatic carbocycles. The summed E-state index contributed by atoms with van der Waals surface area (Å²) in [6.07, 6.45) is -0.585. The van der Waals surface area contributed by atoms with Gasteiger partial charge in [0.2, 0.25) is 5.60 Å². The van der Waals surface area contributed by atoms with Crippen molar-refractivity contribution < 1.29 is 19.7 Å². The fourth-order valence-corrected chi connectivity index (χ4v) is 2.76. The Bertz CT molecular complexity index is 653. The van der Waals surface area contributed by atoms with Gasteiger partial charge in [-0.15, -0.1) is 0 Å². The summed E-state index contributed by atoms with van der Waals surface area (Å²) >= 11 is 0. The molecule has 0 saturated heterocycles. The Balaban J connectivity index is 1.98. The van der Waals surface area contributed by atoms with E-state index in [2.05, 4.69) is 0 Å². The first kappa shape index (κ1) is 13.6. The summed E-state index contributed by atoms with van der Waals surface area (Å²) < 4.78 is 5.80. The molecular weight excluding hydrogens is 268 g/mol.